The van der Waals surface area contributed by atoms with E-state index >= 15 is 0 Å². The monoisotopic (exact) mass is 286 g/mol. The normalized spacial score (nSPS) is 23.9. The fourth-order valence-corrected chi connectivity index (χ4v) is 3.05. The van der Waals surface area contributed by atoms with Crippen molar-refractivity contribution in [2.24, 2.45) is 0 Å². The van der Waals surface area contributed by atoms with Gasteiger partial charge in [0.05, 0.1) is 5.41 Å². The molecule has 0 aromatic heterocycles. The Labute approximate surface area is 128 Å². The van der Waals surface area contributed by atoms with E-state index in [-0.39, 0.29) is 0 Å². The number of hydrogen-bond acceptors (Lipinski definition) is 2. The predicted molar refractivity (Wildman–Crippen MR) is 87.7 cm³/mol. The number of ether oxygens (including phenoxy) is 1. The number of benzene rings is 1. The van der Waals surface area contributed by atoms with Crippen molar-refractivity contribution in [2.75, 3.05) is 0 Å². The summed E-state index contributed by atoms with van der Waals surface area (Å²) in [6.07, 6.45) is 4.28. The van der Waals surface area contributed by atoms with Gasteiger partial charge in [0.15, 0.2) is 0 Å². The zero-order valence-electron chi connectivity index (χ0n) is 13.7. The molecular weight excluding hydrogens is 260 g/mol. The summed E-state index contributed by atoms with van der Waals surface area (Å²) in [5.41, 5.74) is 2.63. The molecule has 2 heteroatoms. The summed E-state index contributed by atoms with van der Waals surface area (Å²) in [5, 5.41) is 11.2. The summed E-state index contributed by atoms with van der Waals surface area (Å²) in [5.74, 6) is -0.0874. The molecule has 1 heterocycles. The summed E-state index contributed by atoms with van der Waals surface area (Å²) < 4.78 is 6.05. The first kappa shape index (κ1) is 15.8. The number of rotatable bonds is 4. The molecule has 1 aliphatic rings. The molecule has 0 saturated carbocycles. The second kappa shape index (κ2) is 5.34. The molecule has 0 radical (unpaired) electrons. The Morgan fingerprint density at radius 2 is 2.05 bits per heavy atom. The van der Waals surface area contributed by atoms with Gasteiger partial charge in [-0.1, -0.05) is 51.6 Å². The maximum Gasteiger partial charge on any atom is 0.240 e. The number of aliphatic hydroxyl groups is 1. The van der Waals surface area contributed by atoms with Crippen LogP contribution in [-0.4, -0.2) is 10.9 Å². The van der Waals surface area contributed by atoms with Crippen molar-refractivity contribution >= 4 is 0 Å². The zero-order chi connectivity index (χ0) is 15.8. The van der Waals surface area contributed by atoms with Gasteiger partial charge in [-0.05, 0) is 37.8 Å². The fraction of sp³-hybridized carbons (Fsp3) is 0.474. The quantitative estimate of drug-likeness (QED) is 0.814. The summed E-state index contributed by atoms with van der Waals surface area (Å²) >= 11 is 0. The highest BCUT2D eigenvalue weighted by atomic mass is 16.6. The number of hydrogen-bond donors (Lipinski definition) is 1. The van der Waals surface area contributed by atoms with Crippen molar-refractivity contribution in [3.63, 3.8) is 0 Å². The maximum absolute atomic E-state index is 11.2. The van der Waals surface area contributed by atoms with Crippen LogP contribution in [0.4, 0.5) is 0 Å². The molecule has 1 atom stereocenters. The molecule has 0 amide bonds. The highest BCUT2D eigenvalue weighted by Gasteiger charge is 2.55. The van der Waals surface area contributed by atoms with E-state index in [1.165, 1.54) is 5.56 Å². The first-order valence-corrected chi connectivity index (χ1v) is 7.65. The lowest BCUT2D eigenvalue weighted by Crippen LogP contribution is -2.49. The molecule has 1 aromatic rings. The van der Waals surface area contributed by atoms with E-state index in [0.29, 0.717) is 5.92 Å². The highest BCUT2D eigenvalue weighted by Crippen LogP contribution is 2.52. The molecule has 114 valence electrons. The Morgan fingerprint density at radius 1 is 1.38 bits per heavy atom. The second-order valence-electron chi connectivity index (χ2n) is 6.56. The SMILES string of the molecule is C=C/C=C(\CC)C1(O)Oc2cc(C(C)C)ccc2C1(C)C. The van der Waals surface area contributed by atoms with Crippen LogP contribution in [0, 0.1) is 0 Å². The Bertz CT molecular complexity index is 581. The maximum atomic E-state index is 11.2. The van der Waals surface area contributed by atoms with Gasteiger partial charge in [0, 0.05) is 11.1 Å². The van der Waals surface area contributed by atoms with Gasteiger partial charge in [-0.25, -0.2) is 0 Å². The molecule has 1 aliphatic heterocycles. The summed E-state index contributed by atoms with van der Waals surface area (Å²) in [7, 11) is 0. The van der Waals surface area contributed by atoms with E-state index in [1.54, 1.807) is 6.08 Å². The van der Waals surface area contributed by atoms with Gasteiger partial charge in [0.1, 0.15) is 5.75 Å². The highest BCUT2D eigenvalue weighted by molar-refractivity contribution is 5.51. The summed E-state index contributed by atoms with van der Waals surface area (Å²) in [4.78, 5) is 0. The minimum atomic E-state index is -1.31. The van der Waals surface area contributed by atoms with E-state index in [0.717, 1.165) is 23.3 Å². The zero-order valence-corrected chi connectivity index (χ0v) is 13.7. The number of allylic oxidation sites excluding steroid dienone is 2. The van der Waals surface area contributed by atoms with Crippen LogP contribution >= 0.6 is 0 Å². The van der Waals surface area contributed by atoms with Gasteiger partial charge in [-0.15, -0.1) is 0 Å². The smallest absolute Gasteiger partial charge is 0.240 e. The molecule has 21 heavy (non-hydrogen) atoms. The average Bonchev–Trinajstić information content (AvgIpc) is 2.63. The topological polar surface area (TPSA) is 29.5 Å². The van der Waals surface area contributed by atoms with Crippen molar-refractivity contribution in [3.8, 4) is 5.75 Å². The van der Waals surface area contributed by atoms with Crippen LogP contribution in [-0.2, 0) is 5.41 Å². The van der Waals surface area contributed by atoms with E-state index in [4.69, 9.17) is 4.74 Å². The minimum Gasteiger partial charge on any atom is -0.457 e. The minimum absolute atomic E-state index is 0.435. The summed E-state index contributed by atoms with van der Waals surface area (Å²) in [6, 6.07) is 6.27. The van der Waals surface area contributed by atoms with Crippen LogP contribution in [0.5, 0.6) is 5.75 Å². The Hall–Kier alpha value is -1.54. The molecular formula is C19H26O2. The fourth-order valence-electron chi connectivity index (χ4n) is 3.05. The van der Waals surface area contributed by atoms with Gasteiger partial charge >= 0.3 is 0 Å². The first-order chi connectivity index (χ1) is 9.77. The lowest BCUT2D eigenvalue weighted by Gasteiger charge is -2.36. The van der Waals surface area contributed by atoms with Gasteiger partial charge in [-0.3, -0.25) is 0 Å². The van der Waals surface area contributed by atoms with Gasteiger partial charge in [-0.2, -0.15) is 0 Å². The molecule has 0 bridgehead atoms. The van der Waals surface area contributed by atoms with Crippen LogP contribution in [0.15, 0.2) is 42.5 Å². The molecule has 0 spiro atoms. The van der Waals surface area contributed by atoms with Crippen LogP contribution in [0.1, 0.15) is 58.1 Å². The lowest BCUT2D eigenvalue weighted by atomic mass is 9.74. The molecule has 1 N–H and O–H groups in total. The first-order valence-electron chi connectivity index (χ1n) is 7.65. The molecule has 0 fully saturated rings. The average molecular weight is 286 g/mol. The van der Waals surface area contributed by atoms with Gasteiger partial charge in [0.25, 0.3) is 0 Å². The third-order valence-corrected chi connectivity index (χ3v) is 4.59. The van der Waals surface area contributed by atoms with E-state index in [1.807, 2.05) is 26.8 Å². The molecule has 2 rings (SSSR count). The van der Waals surface area contributed by atoms with Crippen molar-refractivity contribution in [1.29, 1.82) is 0 Å². The van der Waals surface area contributed by atoms with Crippen molar-refractivity contribution < 1.29 is 9.84 Å². The third kappa shape index (κ3) is 2.32. The second-order valence-corrected chi connectivity index (χ2v) is 6.56. The van der Waals surface area contributed by atoms with Crippen LogP contribution in [0.2, 0.25) is 0 Å². The molecule has 2 nitrogen and oxygen atoms in total. The lowest BCUT2D eigenvalue weighted by molar-refractivity contribution is -0.134. The third-order valence-electron chi connectivity index (χ3n) is 4.59. The van der Waals surface area contributed by atoms with Gasteiger partial charge in [0.2, 0.25) is 5.79 Å². The Morgan fingerprint density at radius 3 is 2.57 bits per heavy atom. The molecule has 1 unspecified atom stereocenters. The molecule has 0 aliphatic carbocycles. The Balaban J connectivity index is 2.56. The number of fused-ring (bicyclic) bond motifs is 1. The van der Waals surface area contributed by atoms with Crippen LogP contribution < -0.4 is 4.74 Å². The van der Waals surface area contributed by atoms with E-state index in [9.17, 15) is 5.11 Å². The Kier molecular flexibility index (Phi) is 4.03. The van der Waals surface area contributed by atoms with Crippen LogP contribution in [0.25, 0.3) is 0 Å². The standard InChI is InChI=1S/C19H26O2/c1-7-9-15(8-2)19(20)18(5,6)16-11-10-14(13(3)4)12-17(16)21-19/h7,9-13,20H,1,8H2,2-6H3/b15-9+. The van der Waals surface area contributed by atoms with Crippen molar-refractivity contribution in [1.82, 2.24) is 0 Å². The molecule has 0 saturated heterocycles. The van der Waals surface area contributed by atoms with E-state index < -0.39 is 11.2 Å². The predicted octanol–water partition coefficient (Wildman–Crippen LogP) is 4.69. The van der Waals surface area contributed by atoms with E-state index in [2.05, 4.69) is 38.6 Å². The largest absolute Gasteiger partial charge is 0.457 e. The molecule has 1 aromatic carbocycles. The van der Waals surface area contributed by atoms with Crippen molar-refractivity contribution in [3.05, 3.63) is 53.6 Å². The summed E-state index contributed by atoms with van der Waals surface area (Å²) in [6.45, 7) is 14.1. The van der Waals surface area contributed by atoms with Crippen LogP contribution in [0.3, 0.4) is 0 Å². The van der Waals surface area contributed by atoms with Gasteiger partial charge < -0.3 is 9.84 Å². The van der Waals surface area contributed by atoms with Crippen molar-refractivity contribution in [2.45, 2.75) is 58.2 Å².